The molecule has 0 fully saturated rings. The molecule has 6 heteroatoms. The number of carboxylic acid groups (broad SMARTS) is 1. The Kier molecular flexibility index (Phi) is 4.16. The van der Waals surface area contributed by atoms with Gasteiger partial charge < -0.3 is 9.84 Å². The third-order valence-electron chi connectivity index (χ3n) is 2.75. The van der Waals surface area contributed by atoms with Crippen molar-refractivity contribution in [3.63, 3.8) is 0 Å². The first-order valence-electron chi connectivity index (χ1n) is 5.50. The maximum Gasteiger partial charge on any atom is 0.338 e. The van der Waals surface area contributed by atoms with E-state index in [2.05, 4.69) is 0 Å². The smallest absolute Gasteiger partial charge is 0.338 e. The minimum Gasteiger partial charge on any atom is -0.495 e. The zero-order valence-electron chi connectivity index (χ0n) is 10.3. The molecule has 0 unspecified atom stereocenters. The van der Waals surface area contributed by atoms with Gasteiger partial charge in [-0.05, 0) is 23.8 Å². The quantitative estimate of drug-likeness (QED) is 0.906. The maximum atomic E-state index is 13.7. The number of rotatable bonds is 3. The molecule has 2 rings (SSSR count). The highest BCUT2D eigenvalue weighted by atomic mass is 35.5. The molecule has 2 aromatic carbocycles. The van der Waals surface area contributed by atoms with Crippen molar-refractivity contribution in [3.05, 3.63) is 51.8 Å². The summed E-state index contributed by atoms with van der Waals surface area (Å²) in [4.78, 5) is 10.8. The van der Waals surface area contributed by atoms with E-state index in [0.29, 0.717) is 26.9 Å². The molecular formula is C14H9Cl2FO3. The Hall–Kier alpha value is -1.78. The highest BCUT2D eigenvalue weighted by molar-refractivity contribution is 6.36. The van der Waals surface area contributed by atoms with Crippen LogP contribution in [0.5, 0.6) is 5.75 Å². The molecule has 1 N–H and O–H groups in total. The molecule has 0 radical (unpaired) electrons. The lowest BCUT2D eigenvalue weighted by molar-refractivity contribution is 0.0692. The van der Waals surface area contributed by atoms with Crippen LogP contribution in [0.4, 0.5) is 4.39 Å². The largest absolute Gasteiger partial charge is 0.495 e. The van der Waals surface area contributed by atoms with Crippen LogP contribution in [0.15, 0.2) is 30.3 Å². The topological polar surface area (TPSA) is 46.5 Å². The van der Waals surface area contributed by atoms with E-state index in [1.54, 1.807) is 0 Å². The molecule has 20 heavy (non-hydrogen) atoms. The summed E-state index contributed by atoms with van der Waals surface area (Å²) in [6, 6.07) is 6.81. The Morgan fingerprint density at radius 3 is 2.45 bits per heavy atom. The lowest BCUT2D eigenvalue weighted by Gasteiger charge is -2.10. The van der Waals surface area contributed by atoms with Gasteiger partial charge in [-0.3, -0.25) is 0 Å². The summed E-state index contributed by atoms with van der Waals surface area (Å²) < 4.78 is 18.7. The van der Waals surface area contributed by atoms with Crippen LogP contribution in [-0.4, -0.2) is 18.2 Å². The number of carbonyl (C=O) groups is 1. The first kappa shape index (κ1) is 14.6. The summed E-state index contributed by atoms with van der Waals surface area (Å²) in [6.07, 6.45) is 0. The van der Waals surface area contributed by atoms with Gasteiger partial charge in [-0.1, -0.05) is 29.3 Å². The van der Waals surface area contributed by atoms with Gasteiger partial charge in [0, 0.05) is 11.6 Å². The van der Waals surface area contributed by atoms with E-state index in [-0.39, 0.29) is 0 Å². The van der Waals surface area contributed by atoms with E-state index < -0.39 is 17.3 Å². The molecule has 104 valence electrons. The van der Waals surface area contributed by atoms with Crippen LogP contribution in [-0.2, 0) is 0 Å². The molecule has 0 aliphatic heterocycles. The van der Waals surface area contributed by atoms with Gasteiger partial charge in [0.1, 0.15) is 11.6 Å². The molecule has 0 bridgehead atoms. The number of aromatic carboxylic acids is 1. The Morgan fingerprint density at radius 1 is 1.20 bits per heavy atom. The molecule has 3 nitrogen and oxygen atoms in total. The molecule has 0 saturated heterocycles. The molecule has 0 saturated carbocycles. The van der Waals surface area contributed by atoms with Crippen LogP contribution in [0.25, 0.3) is 11.1 Å². The highest BCUT2D eigenvalue weighted by Crippen LogP contribution is 2.37. The van der Waals surface area contributed by atoms with Crippen molar-refractivity contribution >= 4 is 29.2 Å². The minimum atomic E-state index is -1.33. The first-order valence-corrected chi connectivity index (χ1v) is 6.26. The van der Waals surface area contributed by atoms with E-state index in [4.69, 9.17) is 33.0 Å². The van der Waals surface area contributed by atoms with Crippen molar-refractivity contribution in [2.24, 2.45) is 0 Å². The van der Waals surface area contributed by atoms with E-state index in [1.807, 2.05) is 0 Å². The number of hydrogen-bond acceptors (Lipinski definition) is 2. The maximum absolute atomic E-state index is 13.7. The molecule has 0 heterocycles. The van der Waals surface area contributed by atoms with Crippen molar-refractivity contribution in [3.8, 4) is 16.9 Å². The van der Waals surface area contributed by atoms with Crippen molar-refractivity contribution in [1.29, 1.82) is 0 Å². The third-order valence-corrected chi connectivity index (χ3v) is 3.36. The van der Waals surface area contributed by atoms with Gasteiger partial charge in [0.05, 0.1) is 22.7 Å². The number of halogens is 3. The second kappa shape index (κ2) is 5.69. The second-order valence-corrected chi connectivity index (χ2v) is 4.78. The van der Waals surface area contributed by atoms with Crippen LogP contribution < -0.4 is 4.74 Å². The Bertz CT molecular complexity index is 686. The SMILES string of the molecule is COc1cc(Cl)c(-c2ccc(C(=O)O)c(F)c2)cc1Cl. The van der Waals surface area contributed by atoms with E-state index in [0.717, 1.165) is 6.07 Å². The number of carboxylic acids is 1. The first-order chi connectivity index (χ1) is 9.43. The van der Waals surface area contributed by atoms with Crippen LogP contribution in [0, 0.1) is 5.82 Å². The van der Waals surface area contributed by atoms with Crippen LogP contribution in [0.2, 0.25) is 10.0 Å². The van der Waals surface area contributed by atoms with Gasteiger partial charge in [0.2, 0.25) is 0 Å². The predicted molar refractivity (Wildman–Crippen MR) is 75.4 cm³/mol. The van der Waals surface area contributed by atoms with Gasteiger partial charge in [-0.15, -0.1) is 0 Å². The number of methoxy groups -OCH3 is 1. The second-order valence-electron chi connectivity index (χ2n) is 3.97. The average Bonchev–Trinajstić information content (AvgIpc) is 2.40. The average molecular weight is 315 g/mol. The lowest BCUT2D eigenvalue weighted by Crippen LogP contribution is -2.00. The summed E-state index contributed by atoms with van der Waals surface area (Å²) in [7, 11) is 1.46. The van der Waals surface area contributed by atoms with Crippen molar-refractivity contribution in [1.82, 2.24) is 0 Å². The number of ether oxygens (including phenoxy) is 1. The summed E-state index contributed by atoms with van der Waals surface area (Å²) in [5.74, 6) is -1.76. The van der Waals surface area contributed by atoms with Gasteiger partial charge in [-0.25, -0.2) is 9.18 Å². The monoisotopic (exact) mass is 314 g/mol. The highest BCUT2D eigenvalue weighted by Gasteiger charge is 2.14. The van der Waals surface area contributed by atoms with Crippen molar-refractivity contribution in [2.75, 3.05) is 7.11 Å². The fourth-order valence-electron chi connectivity index (χ4n) is 1.76. The van der Waals surface area contributed by atoms with Crippen LogP contribution in [0.3, 0.4) is 0 Å². The Morgan fingerprint density at radius 2 is 1.90 bits per heavy atom. The molecule has 2 aromatic rings. The van der Waals surface area contributed by atoms with E-state index in [9.17, 15) is 9.18 Å². The molecule has 0 aliphatic carbocycles. The van der Waals surface area contributed by atoms with Crippen molar-refractivity contribution in [2.45, 2.75) is 0 Å². The molecular weight excluding hydrogens is 306 g/mol. The normalized spacial score (nSPS) is 10.4. The fraction of sp³-hybridized carbons (Fsp3) is 0.0714. The summed E-state index contributed by atoms with van der Waals surface area (Å²) >= 11 is 12.1. The summed E-state index contributed by atoms with van der Waals surface area (Å²) in [6.45, 7) is 0. The van der Waals surface area contributed by atoms with Gasteiger partial charge in [-0.2, -0.15) is 0 Å². The zero-order valence-corrected chi connectivity index (χ0v) is 11.8. The zero-order chi connectivity index (χ0) is 14.9. The lowest BCUT2D eigenvalue weighted by atomic mass is 10.0. The molecule has 0 aromatic heterocycles. The van der Waals surface area contributed by atoms with E-state index >= 15 is 0 Å². The Balaban J connectivity index is 2.55. The van der Waals surface area contributed by atoms with Crippen LogP contribution in [0.1, 0.15) is 10.4 Å². The van der Waals surface area contributed by atoms with Gasteiger partial charge in [0.25, 0.3) is 0 Å². The molecule has 0 amide bonds. The molecule has 0 aliphatic rings. The number of benzene rings is 2. The third kappa shape index (κ3) is 2.71. The predicted octanol–water partition coefficient (Wildman–Crippen LogP) is 4.51. The summed E-state index contributed by atoms with van der Waals surface area (Å²) in [5.41, 5.74) is 0.528. The van der Waals surface area contributed by atoms with Crippen molar-refractivity contribution < 1.29 is 19.0 Å². The molecule has 0 atom stereocenters. The van der Waals surface area contributed by atoms with Crippen LogP contribution >= 0.6 is 23.2 Å². The number of hydrogen-bond donors (Lipinski definition) is 1. The minimum absolute atomic E-state index is 0.328. The van der Waals surface area contributed by atoms with Gasteiger partial charge >= 0.3 is 5.97 Å². The standard InChI is InChI=1S/C14H9Cl2FO3/c1-20-13-6-10(15)9(5-11(13)16)7-2-3-8(14(18)19)12(17)4-7/h2-6H,1H3,(H,18,19). The summed E-state index contributed by atoms with van der Waals surface area (Å²) in [5, 5.41) is 9.45. The van der Waals surface area contributed by atoms with Gasteiger partial charge in [0.15, 0.2) is 0 Å². The Labute approximate surface area is 124 Å². The van der Waals surface area contributed by atoms with E-state index in [1.165, 1.54) is 31.4 Å². The molecule has 0 spiro atoms. The fourth-order valence-corrected chi connectivity index (χ4v) is 2.27.